The first kappa shape index (κ1) is 28.5. The van der Waals surface area contributed by atoms with Gasteiger partial charge in [-0.2, -0.15) is 0 Å². The zero-order valence-electron chi connectivity index (χ0n) is 21.2. The zero-order chi connectivity index (χ0) is 24.2. The molecule has 2 N–H and O–H groups in total. The summed E-state index contributed by atoms with van der Waals surface area (Å²) < 4.78 is 17.5. The minimum Gasteiger partial charge on any atom is -0.487 e. The summed E-state index contributed by atoms with van der Waals surface area (Å²) in [6, 6.07) is 4.25. The average Bonchev–Trinajstić information content (AvgIpc) is 2.72. The van der Waals surface area contributed by atoms with E-state index in [0.717, 1.165) is 12.0 Å². The van der Waals surface area contributed by atoms with Crippen LogP contribution in [0.4, 0.5) is 0 Å². The lowest BCUT2D eigenvalue weighted by molar-refractivity contribution is 0.0120. The first-order valence-corrected chi connectivity index (χ1v) is 12.0. The molecule has 0 aliphatic heterocycles. The molecule has 0 heterocycles. The van der Waals surface area contributed by atoms with Gasteiger partial charge in [-0.15, -0.1) is 6.58 Å². The van der Waals surface area contributed by atoms with E-state index in [2.05, 4.69) is 39.5 Å². The van der Waals surface area contributed by atoms with Gasteiger partial charge < -0.3 is 24.4 Å². The van der Waals surface area contributed by atoms with Gasteiger partial charge in [-0.3, -0.25) is 0 Å². The lowest BCUT2D eigenvalue weighted by atomic mass is 9.79. The Morgan fingerprint density at radius 1 is 1.06 bits per heavy atom. The van der Waals surface area contributed by atoms with Gasteiger partial charge in [0.15, 0.2) is 11.5 Å². The van der Waals surface area contributed by atoms with Crippen LogP contribution in [0.25, 0.3) is 0 Å². The van der Waals surface area contributed by atoms with E-state index in [1.165, 1.54) is 24.8 Å². The van der Waals surface area contributed by atoms with E-state index in [1.54, 1.807) is 0 Å². The van der Waals surface area contributed by atoms with Crippen LogP contribution in [0.3, 0.4) is 0 Å². The van der Waals surface area contributed by atoms with Gasteiger partial charge in [0.05, 0.1) is 25.9 Å². The molecule has 0 fully saturated rings. The Balaban J connectivity index is 3.10. The molecule has 1 aromatic carbocycles. The molecule has 0 spiro atoms. The second kappa shape index (κ2) is 13.9. The molecule has 0 amide bonds. The molecule has 0 bridgehead atoms. The highest BCUT2D eigenvalue weighted by Gasteiger charge is 2.28. The zero-order valence-corrected chi connectivity index (χ0v) is 21.2. The summed E-state index contributed by atoms with van der Waals surface area (Å²) in [4.78, 5) is 0. The lowest BCUT2D eigenvalue weighted by Crippen LogP contribution is -2.34. The fourth-order valence-electron chi connectivity index (χ4n) is 3.66. The van der Waals surface area contributed by atoms with Crippen LogP contribution in [0.1, 0.15) is 77.8 Å². The van der Waals surface area contributed by atoms with Crippen LogP contribution in [0, 0.1) is 12.3 Å². The standard InChI is InChI=1S/C27H46O5/c1-8-10-11-13-26(4,5)22-18-21(3)25(31-17-16-30-15-14-28)23(19-22)32-20-24(29)27(6,7)12-9-2/h9,18-19,24,28-29H,2,8,10-17,20H2,1,3-7H3. The van der Waals surface area contributed by atoms with Crippen molar-refractivity contribution < 1.29 is 24.4 Å². The summed E-state index contributed by atoms with van der Waals surface area (Å²) in [5, 5.41) is 19.6. The Labute approximate surface area is 195 Å². The molecule has 1 rings (SSSR count). The minimum absolute atomic E-state index is 0.00637. The Bertz CT molecular complexity index is 681. The minimum atomic E-state index is -0.636. The van der Waals surface area contributed by atoms with Crippen molar-refractivity contribution in [3.05, 3.63) is 35.9 Å². The van der Waals surface area contributed by atoms with E-state index in [0.29, 0.717) is 37.7 Å². The maximum absolute atomic E-state index is 10.7. The molecule has 0 saturated carbocycles. The van der Waals surface area contributed by atoms with Crippen LogP contribution in [0.15, 0.2) is 24.8 Å². The molecule has 0 radical (unpaired) electrons. The topological polar surface area (TPSA) is 68.2 Å². The summed E-state index contributed by atoms with van der Waals surface area (Å²) in [5.74, 6) is 1.33. The lowest BCUT2D eigenvalue weighted by Gasteiger charge is -2.30. The van der Waals surface area contributed by atoms with Gasteiger partial charge in [-0.1, -0.05) is 66.0 Å². The highest BCUT2D eigenvalue weighted by Crippen LogP contribution is 2.39. The number of aryl methyl sites for hydroxylation is 1. The molecule has 5 heteroatoms. The first-order chi connectivity index (χ1) is 15.1. The summed E-state index contributed by atoms with van der Waals surface area (Å²) in [6.45, 7) is 17.8. The van der Waals surface area contributed by atoms with Crippen LogP contribution < -0.4 is 9.47 Å². The van der Waals surface area contributed by atoms with Gasteiger partial charge in [0.1, 0.15) is 13.2 Å². The normalized spacial score (nSPS) is 13.1. The second-order valence-electron chi connectivity index (χ2n) is 9.95. The van der Waals surface area contributed by atoms with Crippen molar-refractivity contribution in [3.63, 3.8) is 0 Å². The monoisotopic (exact) mass is 450 g/mol. The number of rotatable bonds is 17. The van der Waals surface area contributed by atoms with Gasteiger partial charge in [0.25, 0.3) is 0 Å². The molecule has 0 saturated heterocycles. The van der Waals surface area contributed by atoms with Crippen LogP contribution in [0.5, 0.6) is 11.5 Å². The fraction of sp³-hybridized carbons (Fsp3) is 0.704. The maximum Gasteiger partial charge on any atom is 0.164 e. The third-order valence-corrected chi connectivity index (χ3v) is 6.11. The average molecular weight is 451 g/mol. The quantitative estimate of drug-likeness (QED) is 0.239. The summed E-state index contributed by atoms with van der Waals surface area (Å²) >= 11 is 0. The summed E-state index contributed by atoms with van der Waals surface area (Å²) in [6.07, 6.45) is 6.61. The van der Waals surface area contributed by atoms with E-state index in [1.807, 2.05) is 26.8 Å². The van der Waals surface area contributed by atoms with Crippen LogP contribution in [0.2, 0.25) is 0 Å². The molecule has 184 valence electrons. The number of hydrogen-bond donors (Lipinski definition) is 2. The van der Waals surface area contributed by atoms with Crippen molar-refractivity contribution in [3.8, 4) is 11.5 Å². The van der Waals surface area contributed by atoms with Gasteiger partial charge in [0, 0.05) is 0 Å². The first-order valence-electron chi connectivity index (χ1n) is 12.0. The van der Waals surface area contributed by atoms with E-state index < -0.39 is 6.10 Å². The molecule has 0 aromatic heterocycles. The summed E-state index contributed by atoms with van der Waals surface area (Å²) in [7, 11) is 0. The van der Waals surface area contributed by atoms with Crippen molar-refractivity contribution in [2.75, 3.05) is 33.0 Å². The van der Waals surface area contributed by atoms with Crippen molar-refractivity contribution >= 4 is 0 Å². The highest BCUT2D eigenvalue weighted by molar-refractivity contribution is 5.50. The molecule has 32 heavy (non-hydrogen) atoms. The molecule has 1 atom stereocenters. The van der Waals surface area contributed by atoms with Crippen LogP contribution in [-0.2, 0) is 10.2 Å². The summed E-state index contributed by atoms with van der Waals surface area (Å²) in [5.41, 5.74) is 1.90. The van der Waals surface area contributed by atoms with E-state index >= 15 is 0 Å². The van der Waals surface area contributed by atoms with E-state index in [9.17, 15) is 5.11 Å². The Morgan fingerprint density at radius 3 is 2.41 bits per heavy atom. The van der Waals surface area contributed by atoms with Crippen molar-refractivity contribution in [2.45, 2.75) is 85.2 Å². The second-order valence-corrected chi connectivity index (χ2v) is 9.95. The van der Waals surface area contributed by atoms with E-state index in [-0.39, 0.29) is 24.0 Å². The fourth-order valence-corrected chi connectivity index (χ4v) is 3.66. The highest BCUT2D eigenvalue weighted by atomic mass is 16.5. The number of allylic oxidation sites excluding steroid dienone is 1. The van der Waals surface area contributed by atoms with Gasteiger partial charge in [-0.25, -0.2) is 0 Å². The molecule has 5 nitrogen and oxygen atoms in total. The number of benzene rings is 1. The number of ether oxygens (including phenoxy) is 3. The smallest absolute Gasteiger partial charge is 0.164 e. The predicted octanol–water partition coefficient (Wildman–Crippen LogP) is 5.58. The molecule has 1 aromatic rings. The van der Waals surface area contributed by atoms with Gasteiger partial charge in [0.2, 0.25) is 0 Å². The molecule has 1 unspecified atom stereocenters. The third kappa shape index (κ3) is 9.13. The van der Waals surface area contributed by atoms with E-state index in [4.69, 9.17) is 19.3 Å². The molecular formula is C27H46O5. The molecule has 0 aliphatic rings. The Morgan fingerprint density at radius 2 is 1.78 bits per heavy atom. The number of aliphatic hydroxyl groups excluding tert-OH is 2. The molecule has 0 aliphatic carbocycles. The van der Waals surface area contributed by atoms with Gasteiger partial charge >= 0.3 is 0 Å². The van der Waals surface area contributed by atoms with Crippen LogP contribution in [-0.4, -0.2) is 49.4 Å². The Hall–Kier alpha value is -1.56. The largest absolute Gasteiger partial charge is 0.487 e. The van der Waals surface area contributed by atoms with Crippen molar-refractivity contribution in [2.24, 2.45) is 5.41 Å². The van der Waals surface area contributed by atoms with Crippen LogP contribution >= 0.6 is 0 Å². The molecular weight excluding hydrogens is 404 g/mol. The number of hydrogen-bond acceptors (Lipinski definition) is 5. The third-order valence-electron chi connectivity index (χ3n) is 6.11. The number of unbranched alkanes of at least 4 members (excludes halogenated alkanes) is 2. The van der Waals surface area contributed by atoms with Crippen molar-refractivity contribution in [1.29, 1.82) is 0 Å². The van der Waals surface area contributed by atoms with Crippen molar-refractivity contribution in [1.82, 2.24) is 0 Å². The Kier molecular flexibility index (Phi) is 12.3. The maximum atomic E-state index is 10.7. The predicted molar refractivity (Wildman–Crippen MR) is 132 cm³/mol. The van der Waals surface area contributed by atoms with Gasteiger partial charge in [-0.05, 0) is 47.8 Å². The SMILES string of the molecule is C=CCC(C)(C)C(O)COc1cc(C(C)(C)CCCCC)cc(C)c1OCCOCCO. The number of aliphatic hydroxyl groups is 2.